The number of esters is 1. The topological polar surface area (TPSA) is 52.3 Å². The van der Waals surface area contributed by atoms with Crippen LogP contribution >= 0.6 is 11.8 Å². The first-order chi connectivity index (χ1) is 10.1. The second-order valence-electron chi connectivity index (χ2n) is 5.95. The molecule has 116 valence electrons. The number of methoxy groups -OCH3 is 1. The van der Waals surface area contributed by atoms with Crippen molar-refractivity contribution >= 4 is 17.7 Å². The Morgan fingerprint density at radius 1 is 1.38 bits per heavy atom. The molecule has 0 heterocycles. The smallest absolute Gasteiger partial charge is 0.306 e. The lowest BCUT2D eigenvalue weighted by Crippen LogP contribution is -2.25. The second kappa shape index (κ2) is 7.32. The number of benzene rings is 1. The number of nitrogens with two attached hydrogens (primary N) is 1. The van der Waals surface area contributed by atoms with Crippen LogP contribution in [-0.4, -0.2) is 24.1 Å². The maximum Gasteiger partial charge on any atom is 0.306 e. The van der Waals surface area contributed by atoms with Gasteiger partial charge in [-0.15, -0.1) is 0 Å². The van der Waals surface area contributed by atoms with Gasteiger partial charge in [0.25, 0.3) is 0 Å². The van der Waals surface area contributed by atoms with E-state index in [1.807, 2.05) is 30.0 Å². The van der Waals surface area contributed by atoms with Gasteiger partial charge in [0.05, 0.1) is 13.5 Å². The fourth-order valence-corrected chi connectivity index (χ4v) is 4.13. The van der Waals surface area contributed by atoms with Gasteiger partial charge in [-0.1, -0.05) is 37.3 Å². The number of rotatable bonds is 8. The van der Waals surface area contributed by atoms with Gasteiger partial charge in [-0.25, -0.2) is 0 Å². The molecule has 2 unspecified atom stereocenters. The summed E-state index contributed by atoms with van der Waals surface area (Å²) < 4.78 is 4.80. The lowest BCUT2D eigenvalue weighted by Gasteiger charge is -2.24. The molecule has 1 aromatic carbocycles. The van der Waals surface area contributed by atoms with E-state index >= 15 is 0 Å². The van der Waals surface area contributed by atoms with Gasteiger partial charge in [0.15, 0.2) is 0 Å². The minimum atomic E-state index is -0.0893. The predicted molar refractivity (Wildman–Crippen MR) is 88.2 cm³/mol. The molecular weight excluding hydrogens is 282 g/mol. The van der Waals surface area contributed by atoms with Crippen LogP contribution in [-0.2, 0) is 9.53 Å². The fraction of sp³-hybridized carbons (Fsp3) is 0.588. The Morgan fingerprint density at radius 2 is 2.05 bits per heavy atom. The van der Waals surface area contributed by atoms with Crippen molar-refractivity contribution in [1.29, 1.82) is 0 Å². The summed E-state index contributed by atoms with van der Waals surface area (Å²) in [6.07, 6.45) is 3.85. The van der Waals surface area contributed by atoms with Crippen molar-refractivity contribution in [3.05, 3.63) is 35.9 Å². The lowest BCUT2D eigenvalue weighted by atomic mass is 10.0. The number of ether oxygens (including phenoxy) is 1. The van der Waals surface area contributed by atoms with Gasteiger partial charge in [0.1, 0.15) is 0 Å². The molecule has 1 aromatic rings. The molecule has 1 aliphatic carbocycles. The molecule has 2 N–H and O–H groups in total. The molecule has 0 radical (unpaired) electrons. The van der Waals surface area contributed by atoms with Gasteiger partial charge in [-0.05, 0) is 36.0 Å². The van der Waals surface area contributed by atoms with Gasteiger partial charge in [-0.3, -0.25) is 4.79 Å². The average molecular weight is 307 g/mol. The van der Waals surface area contributed by atoms with Crippen LogP contribution in [0.2, 0.25) is 0 Å². The molecule has 21 heavy (non-hydrogen) atoms. The Balaban J connectivity index is 1.90. The zero-order valence-corrected chi connectivity index (χ0v) is 13.7. The zero-order chi connectivity index (χ0) is 15.3. The van der Waals surface area contributed by atoms with Crippen molar-refractivity contribution in [2.45, 2.75) is 43.9 Å². The SMILES string of the molecule is CCC(SCC1(CC(=O)OC)CC1)C(N)c1ccccc1. The van der Waals surface area contributed by atoms with E-state index in [1.54, 1.807) is 0 Å². The van der Waals surface area contributed by atoms with Gasteiger partial charge >= 0.3 is 5.97 Å². The largest absolute Gasteiger partial charge is 0.469 e. The Hall–Kier alpha value is -1.00. The van der Waals surface area contributed by atoms with Gasteiger partial charge in [0.2, 0.25) is 0 Å². The summed E-state index contributed by atoms with van der Waals surface area (Å²) in [4.78, 5) is 11.5. The maximum absolute atomic E-state index is 11.5. The lowest BCUT2D eigenvalue weighted by molar-refractivity contribution is -0.141. The highest BCUT2D eigenvalue weighted by Crippen LogP contribution is 2.52. The number of carbonyl (C=O) groups excluding carboxylic acids is 1. The molecule has 0 aromatic heterocycles. The van der Waals surface area contributed by atoms with Crippen molar-refractivity contribution in [2.24, 2.45) is 11.1 Å². The van der Waals surface area contributed by atoms with Crippen LogP contribution in [0.1, 0.15) is 44.2 Å². The monoisotopic (exact) mass is 307 g/mol. The minimum Gasteiger partial charge on any atom is -0.469 e. The summed E-state index contributed by atoms with van der Waals surface area (Å²) in [6, 6.07) is 10.3. The molecule has 4 heteroatoms. The first kappa shape index (κ1) is 16.4. The van der Waals surface area contributed by atoms with Gasteiger partial charge < -0.3 is 10.5 Å². The van der Waals surface area contributed by atoms with E-state index < -0.39 is 0 Å². The van der Waals surface area contributed by atoms with Crippen LogP contribution in [0.3, 0.4) is 0 Å². The minimum absolute atomic E-state index is 0.0510. The van der Waals surface area contributed by atoms with E-state index in [9.17, 15) is 4.79 Å². The number of carbonyl (C=O) groups is 1. The van der Waals surface area contributed by atoms with Crippen molar-refractivity contribution in [3.63, 3.8) is 0 Å². The normalized spacial score (nSPS) is 18.8. The highest BCUT2D eigenvalue weighted by atomic mass is 32.2. The highest BCUT2D eigenvalue weighted by Gasteiger charge is 2.45. The van der Waals surface area contributed by atoms with Gasteiger partial charge in [-0.2, -0.15) is 11.8 Å². The van der Waals surface area contributed by atoms with Crippen LogP contribution in [0.5, 0.6) is 0 Å². The van der Waals surface area contributed by atoms with Crippen molar-refractivity contribution in [3.8, 4) is 0 Å². The van der Waals surface area contributed by atoms with Gasteiger partial charge in [0, 0.05) is 11.3 Å². The van der Waals surface area contributed by atoms with E-state index in [0.29, 0.717) is 11.7 Å². The summed E-state index contributed by atoms with van der Waals surface area (Å²) in [5.74, 6) is 0.912. The fourth-order valence-electron chi connectivity index (χ4n) is 2.58. The first-order valence-electron chi connectivity index (χ1n) is 7.59. The Bertz CT molecular complexity index is 459. The summed E-state index contributed by atoms with van der Waals surface area (Å²) in [7, 11) is 1.46. The molecule has 2 rings (SSSR count). The Labute approximate surface area is 131 Å². The van der Waals surface area contributed by atoms with E-state index in [2.05, 4.69) is 19.1 Å². The molecule has 0 bridgehead atoms. The summed E-state index contributed by atoms with van der Waals surface area (Å²) in [6.45, 7) is 2.18. The van der Waals surface area contributed by atoms with E-state index in [4.69, 9.17) is 10.5 Å². The van der Waals surface area contributed by atoms with Crippen LogP contribution in [0.4, 0.5) is 0 Å². The zero-order valence-electron chi connectivity index (χ0n) is 12.9. The first-order valence-corrected chi connectivity index (χ1v) is 8.64. The van der Waals surface area contributed by atoms with Crippen LogP contribution in [0.25, 0.3) is 0 Å². The number of hydrogen-bond acceptors (Lipinski definition) is 4. The molecule has 3 nitrogen and oxygen atoms in total. The molecule has 2 atom stereocenters. The van der Waals surface area contributed by atoms with Crippen molar-refractivity contribution in [2.75, 3.05) is 12.9 Å². The molecule has 0 saturated heterocycles. The molecule has 1 fully saturated rings. The quantitative estimate of drug-likeness (QED) is 0.746. The molecule has 0 aliphatic heterocycles. The third kappa shape index (κ3) is 4.48. The molecule has 0 amide bonds. The second-order valence-corrected chi connectivity index (χ2v) is 7.17. The molecule has 0 spiro atoms. The highest BCUT2D eigenvalue weighted by molar-refractivity contribution is 8.00. The standard InChI is InChI=1S/C17H25NO2S/c1-3-14(16(18)13-7-5-4-6-8-13)21-12-17(9-10-17)11-15(19)20-2/h4-8,14,16H,3,9-12,18H2,1-2H3. The van der Waals surface area contributed by atoms with E-state index in [0.717, 1.165) is 25.0 Å². The number of thioether (sulfide) groups is 1. The van der Waals surface area contributed by atoms with Crippen molar-refractivity contribution < 1.29 is 9.53 Å². The molecule has 1 aliphatic rings. The summed E-state index contributed by atoms with van der Waals surface area (Å²) in [5, 5.41) is 0.391. The van der Waals surface area contributed by atoms with E-state index in [1.165, 1.54) is 12.7 Å². The van der Waals surface area contributed by atoms with E-state index in [-0.39, 0.29) is 17.4 Å². The van der Waals surface area contributed by atoms with Crippen LogP contribution in [0.15, 0.2) is 30.3 Å². The Kier molecular flexibility index (Phi) is 5.71. The summed E-state index contributed by atoms with van der Waals surface area (Å²) >= 11 is 1.91. The predicted octanol–water partition coefficient (Wildman–Crippen LogP) is 3.54. The molecular formula is C17H25NO2S. The van der Waals surface area contributed by atoms with Crippen molar-refractivity contribution in [1.82, 2.24) is 0 Å². The maximum atomic E-state index is 11.5. The van der Waals surface area contributed by atoms with Crippen LogP contribution < -0.4 is 5.73 Å². The third-order valence-electron chi connectivity index (χ3n) is 4.30. The number of hydrogen-bond donors (Lipinski definition) is 1. The summed E-state index contributed by atoms with van der Waals surface area (Å²) in [5.41, 5.74) is 7.77. The average Bonchev–Trinajstić information content (AvgIpc) is 3.28. The Morgan fingerprint density at radius 3 is 2.57 bits per heavy atom. The molecule has 1 saturated carbocycles. The van der Waals surface area contributed by atoms with Crippen LogP contribution in [0, 0.1) is 5.41 Å². The third-order valence-corrected chi connectivity index (χ3v) is 6.13.